The summed E-state index contributed by atoms with van der Waals surface area (Å²) in [6.07, 6.45) is 7.73. The molecule has 0 bridgehead atoms. The molecule has 0 aromatic rings. The molecular weight excluding hydrogens is 240 g/mol. The summed E-state index contributed by atoms with van der Waals surface area (Å²) in [7, 11) is 0. The van der Waals surface area contributed by atoms with Crippen molar-refractivity contribution < 1.29 is 14.3 Å². The fraction of sp³-hybridized carbons (Fsp3) is 0.812. The van der Waals surface area contributed by atoms with Gasteiger partial charge in [0, 0.05) is 5.41 Å². The Kier molecular flexibility index (Phi) is 4.34. The average molecular weight is 266 g/mol. The first kappa shape index (κ1) is 14.6. The second-order valence-corrected chi connectivity index (χ2v) is 6.90. The molecule has 1 saturated heterocycles. The van der Waals surface area contributed by atoms with Crippen molar-refractivity contribution in [2.45, 2.75) is 72.2 Å². The molecule has 0 radical (unpaired) electrons. The normalized spacial score (nSPS) is 32.4. The molecule has 1 saturated carbocycles. The number of cyclic esters (lactones) is 1. The zero-order chi connectivity index (χ0) is 14.0. The van der Waals surface area contributed by atoms with E-state index in [0.717, 1.165) is 0 Å². The Morgan fingerprint density at radius 2 is 1.79 bits per heavy atom. The highest BCUT2D eigenvalue weighted by Crippen LogP contribution is 2.33. The zero-order valence-corrected chi connectivity index (χ0v) is 12.6. The van der Waals surface area contributed by atoms with Crippen LogP contribution in [0.5, 0.6) is 0 Å². The van der Waals surface area contributed by atoms with Crippen LogP contribution in [-0.2, 0) is 14.3 Å². The molecule has 1 aliphatic carbocycles. The average Bonchev–Trinajstić information content (AvgIpc) is 2.33. The van der Waals surface area contributed by atoms with E-state index in [-0.39, 0.29) is 17.5 Å². The third-order valence-electron chi connectivity index (χ3n) is 3.99. The molecule has 0 aromatic heterocycles. The standard InChI is InChI=1S/C16H26O3/c1-11-13(10-12-8-6-5-7-9-12)14(17)19-15(18-11)16(2,3)4/h10-12,15H,5-9H2,1-4H3/b13-10-/t11-,15-/m1/s1. The van der Waals surface area contributed by atoms with E-state index in [9.17, 15) is 4.79 Å². The molecule has 0 N–H and O–H groups in total. The van der Waals surface area contributed by atoms with Gasteiger partial charge in [-0.25, -0.2) is 4.79 Å². The molecule has 0 spiro atoms. The molecule has 2 rings (SSSR count). The maximum absolute atomic E-state index is 12.2. The van der Waals surface area contributed by atoms with Crippen LogP contribution in [0.15, 0.2) is 11.6 Å². The monoisotopic (exact) mass is 266 g/mol. The topological polar surface area (TPSA) is 35.5 Å². The second-order valence-electron chi connectivity index (χ2n) is 6.90. The molecule has 3 nitrogen and oxygen atoms in total. The molecule has 2 aliphatic rings. The number of carbonyl (C=O) groups is 1. The van der Waals surface area contributed by atoms with Gasteiger partial charge < -0.3 is 9.47 Å². The van der Waals surface area contributed by atoms with Gasteiger partial charge in [0.2, 0.25) is 6.29 Å². The number of rotatable bonds is 1. The first-order chi connectivity index (χ1) is 8.88. The van der Waals surface area contributed by atoms with E-state index < -0.39 is 6.29 Å². The predicted octanol–water partition coefficient (Wildman–Crippen LogP) is 3.83. The van der Waals surface area contributed by atoms with Crippen LogP contribution in [0.25, 0.3) is 0 Å². The van der Waals surface area contributed by atoms with E-state index in [1.165, 1.54) is 32.1 Å². The summed E-state index contributed by atoms with van der Waals surface area (Å²) in [6, 6.07) is 0. The number of hydrogen-bond donors (Lipinski definition) is 0. The Morgan fingerprint density at radius 1 is 1.16 bits per heavy atom. The quantitative estimate of drug-likeness (QED) is 0.534. The van der Waals surface area contributed by atoms with Crippen molar-refractivity contribution in [2.24, 2.45) is 11.3 Å². The van der Waals surface area contributed by atoms with Crippen molar-refractivity contribution in [2.75, 3.05) is 0 Å². The fourth-order valence-electron chi connectivity index (χ4n) is 2.76. The Balaban J connectivity index is 2.07. The van der Waals surface area contributed by atoms with Crippen LogP contribution in [0.2, 0.25) is 0 Å². The highest BCUT2D eigenvalue weighted by molar-refractivity contribution is 5.90. The number of carbonyl (C=O) groups excluding carboxylic acids is 1. The third-order valence-corrected chi connectivity index (χ3v) is 3.99. The van der Waals surface area contributed by atoms with E-state index in [2.05, 4.69) is 6.08 Å². The van der Waals surface area contributed by atoms with Gasteiger partial charge in [0.15, 0.2) is 0 Å². The molecule has 108 valence electrons. The minimum atomic E-state index is -0.446. The second kappa shape index (κ2) is 5.66. The Hall–Kier alpha value is -0.830. The summed E-state index contributed by atoms with van der Waals surface area (Å²) in [4.78, 5) is 12.2. The Bertz CT molecular complexity index is 359. The minimum Gasteiger partial charge on any atom is -0.432 e. The van der Waals surface area contributed by atoms with Gasteiger partial charge in [-0.2, -0.15) is 0 Å². The van der Waals surface area contributed by atoms with Crippen molar-refractivity contribution in [3.8, 4) is 0 Å². The highest BCUT2D eigenvalue weighted by atomic mass is 16.7. The first-order valence-corrected chi connectivity index (χ1v) is 7.46. The minimum absolute atomic E-state index is 0.160. The lowest BCUT2D eigenvalue weighted by Crippen LogP contribution is -2.43. The molecule has 19 heavy (non-hydrogen) atoms. The van der Waals surface area contributed by atoms with Gasteiger partial charge in [-0.1, -0.05) is 46.1 Å². The van der Waals surface area contributed by atoms with Gasteiger partial charge in [-0.3, -0.25) is 0 Å². The number of hydrogen-bond acceptors (Lipinski definition) is 3. The summed E-state index contributed by atoms with van der Waals surface area (Å²) < 4.78 is 11.3. The summed E-state index contributed by atoms with van der Waals surface area (Å²) in [5.41, 5.74) is 0.535. The van der Waals surface area contributed by atoms with E-state index in [0.29, 0.717) is 11.5 Å². The largest absolute Gasteiger partial charge is 0.432 e. The molecule has 0 unspecified atom stereocenters. The molecule has 2 fully saturated rings. The lowest BCUT2D eigenvalue weighted by atomic mass is 9.87. The lowest BCUT2D eigenvalue weighted by Gasteiger charge is -2.37. The maximum Gasteiger partial charge on any atom is 0.338 e. The predicted molar refractivity (Wildman–Crippen MR) is 74.5 cm³/mol. The van der Waals surface area contributed by atoms with Gasteiger partial charge >= 0.3 is 5.97 Å². The van der Waals surface area contributed by atoms with Crippen molar-refractivity contribution in [1.82, 2.24) is 0 Å². The van der Waals surface area contributed by atoms with E-state index in [1.54, 1.807) is 0 Å². The van der Waals surface area contributed by atoms with E-state index in [1.807, 2.05) is 27.7 Å². The molecule has 0 aromatic carbocycles. The van der Waals surface area contributed by atoms with Crippen LogP contribution in [-0.4, -0.2) is 18.4 Å². The van der Waals surface area contributed by atoms with Crippen molar-refractivity contribution in [3.63, 3.8) is 0 Å². The van der Waals surface area contributed by atoms with Crippen molar-refractivity contribution >= 4 is 5.97 Å². The van der Waals surface area contributed by atoms with Crippen LogP contribution in [0.1, 0.15) is 59.8 Å². The van der Waals surface area contributed by atoms with Gasteiger partial charge in [0.1, 0.15) is 0 Å². The first-order valence-electron chi connectivity index (χ1n) is 7.46. The van der Waals surface area contributed by atoms with Crippen LogP contribution in [0.3, 0.4) is 0 Å². The molecular formula is C16H26O3. The molecule has 0 amide bonds. The maximum atomic E-state index is 12.2. The highest BCUT2D eigenvalue weighted by Gasteiger charge is 2.38. The lowest BCUT2D eigenvalue weighted by molar-refractivity contribution is -0.226. The van der Waals surface area contributed by atoms with Gasteiger partial charge in [-0.15, -0.1) is 0 Å². The zero-order valence-electron chi connectivity index (χ0n) is 12.6. The number of ether oxygens (including phenoxy) is 2. The summed E-state index contributed by atoms with van der Waals surface area (Å²) in [6.45, 7) is 8.02. The van der Waals surface area contributed by atoms with E-state index in [4.69, 9.17) is 9.47 Å². The Labute approximate surface area is 116 Å². The SMILES string of the molecule is C[C@H]1O[C@@H](C(C)(C)C)OC(=O)/C1=C\C1CCCCC1. The van der Waals surface area contributed by atoms with Gasteiger partial charge in [0.25, 0.3) is 0 Å². The van der Waals surface area contributed by atoms with Crippen LogP contribution in [0.4, 0.5) is 0 Å². The summed E-state index contributed by atoms with van der Waals surface area (Å²) in [5, 5.41) is 0. The van der Waals surface area contributed by atoms with Gasteiger partial charge in [-0.05, 0) is 25.7 Å². The molecule has 1 aliphatic heterocycles. The van der Waals surface area contributed by atoms with Gasteiger partial charge in [0.05, 0.1) is 11.7 Å². The summed E-state index contributed by atoms with van der Waals surface area (Å²) >= 11 is 0. The number of allylic oxidation sites excluding steroid dienone is 1. The van der Waals surface area contributed by atoms with Crippen molar-refractivity contribution in [3.05, 3.63) is 11.6 Å². The van der Waals surface area contributed by atoms with Crippen molar-refractivity contribution in [1.29, 1.82) is 0 Å². The smallest absolute Gasteiger partial charge is 0.338 e. The third kappa shape index (κ3) is 3.59. The molecule has 3 heteroatoms. The van der Waals surface area contributed by atoms with Crippen LogP contribution >= 0.6 is 0 Å². The van der Waals surface area contributed by atoms with Crippen LogP contribution in [0, 0.1) is 11.3 Å². The summed E-state index contributed by atoms with van der Waals surface area (Å²) in [5.74, 6) is 0.331. The number of esters is 1. The molecule has 1 heterocycles. The fourth-order valence-corrected chi connectivity index (χ4v) is 2.76. The molecule has 2 atom stereocenters. The van der Waals surface area contributed by atoms with E-state index >= 15 is 0 Å². The van der Waals surface area contributed by atoms with Crippen LogP contribution < -0.4 is 0 Å². The Morgan fingerprint density at radius 3 is 2.32 bits per heavy atom.